The molecule has 0 amide bonds. The number of nitrogens with zero attached hydrogens (tertiary/aromatic N) is 2. The molecule has 0 atom stereocenters. The first kappa shape index (κ1) is 13.7. The molecule has 0 bridgehead atoms. The molecule has 0 saturated carbocycles. The van der Waals surface area contributed by atoms with E-state index in [1.54, 1.807) is 0 Å². The SMILES string of the molecule is Cc1ccc(Cc2noc(CC(C)(C)N)n2)cc1C. The Bertz CT molecular complexity index is 567. The van der Waals surface area contributed by atoms with E-state index in [0.29, 0.717) is 24.6 Å². The van der Waals surface area contributed by atoms with Gasteiger partial charge in [-0.1, -0.05) is 23.4 Å². The fraction of sp³-hybridized carbons (Fsp3) is 0.467. The maximum absolute atomic E-state index is 5.94. The summed E-state index contributed by atoms with van der Waals surface area (Å²) in [6.45, 7) is 8.10. The average molecular weight is 259 g/mol. The van der Waals surface area contributed by atoms with Crippen LogP contribution in [0.3, 0.4) is 0 Å². The molecule has 1 heterocycles. The highest BCUT2D eigenvalue weighted by atomic mass is 16.5. The van der Waals surface area contributed by atoms with Gasteiger partial charge in [0.1, 0.15) is 0 Å². The Labute approximate surface area is 114 Å². The van der Waals surface area contributed by atoms with Crippen LogP contribution in [0.1, 0.15) is 42.3 Å². The molecule has 1 aromatic heterocycles. The van der Waals surface area contributed by atoms with Crippen LogP contribution < -0.4 is 5.73 Å². The third-order valence-electron chi connectivity index (χ3n) is 3.05. The Balaban J connectivity index is 2.09. The molecule has 0 saturated heterocycles. The summed E-state index contributed by atoms with van der Waals surface area (Å²) >= 11 is 0. The molecule has 0 aliphatic carbocycles. The van der Waals surface area contributed by atoms with Crippen molar-refractivity contribution >= 4 is 0 Å². The van der Waals surface area contributed by atoms with Gasteiger partial charge in [0.15, 0.2) is 5.82 Å². The van der Waals surface area contributed by atoms with Crippen molar-refractivity contribution in [3.63, 3.8) is 0 Å². The normalized spacial score (nSPS) is 11.8. The molecule has 2 N–H and O–H groups in total. The van der Waals surface area contributed by atoms with Crippen molar-refractivity contribution in [1.82, 2.24) is 10.1 Å². The molecule has 0 radical (unpaired) electrons. The van der Waals surface area contributed by atoms with Crippen LogP contribution in [0.2, 0.25) is 0 Å². The van der Waals surface area contributed by atoms with Crippen molar-refractivity contribution in [3.05, 3.63) is 46.6 Å². The average Bonchev–Trinajstić information content (AvgIpc) is 2.68. The molecule has 2 aromatic rings. The number of rotatable bonds is 4. The van der Waals surface area contributed by atoms with Crippen LogP contribution in [0, 0.1) is 13.8 Å². The summed E-state index contributed by atoms with van der Waals surface area (Å²) in [7, 11) is 0. The number of aromatic nitrogens is 2. The number of hydrogen-bond donors (Lipinski definition) is 1. The number of benzene rings is 1. The minimum atomic E-state index is -0.329. The number of nitrogens with two attached hydrogens (primary N) is 1. The molecular formula is C15H21N3O. The minimum Gasteiger partial charge on any atom is -0.339 e. The first-order valence-corrected chi connectivity index (χ1v) is 6.50. The van der Waals surface area contributed by atoms with Gasteiger partial charge in [0.2, 0.25) is 5.89 Å². The van der Waals surface area contributed by atoms with Crippen molar-refractivity contribution < 1.29 is 4.52 Å². The second-order valence-corrected chi connectivity index (χ2v) is 5.87. The summed E-state index contributed by atoms with van der Waals surface area (Å²) in [5.41, 5.74) is 9.38. The van der Waals surface area contributed by atoms with Crippen LogP contribution in [0.25, 0.3) is 0 Å². The maximum Gasteiger partial charge on any atom is 0.228 e. The van der Waals surface area contributed by atoms with Crippen molar-refractivity contribution in [2.45, 2.75) is 46.1 Å². The highest BCUT2D eigenvalue weighted by Crippen LogP contribution is 2.14. The molecule has 0 aliphatic heterocycles. The molecule has 1 aromatic carbocycles. The molecule has 0 spiro atoms. The van der Waals surface area contributed by atoms with Gasteiger partial charge in [0, 0.05) is 18.4 Å². The first-order valence-electron chi connectivity index (χ1n) is 6.50. The van der Waals surface area contributed by atoms with E-state index in [4.69, 9.17) is 10.3 Å². The summed E-state index contributed by atoms with van der Waals surface area (Å²) in [5.74, 6) is 1.31. The van der Waals surface area contributed by atoms with Gasteiger partial charge in [0.25, 0.3) is 0 Å². The Kier molecular flexibility index (Phi) is 3.71. The lowest BCUT2D eigenvalue weighted by Crippen LogP contribution is -2.34. The van der Waals surface area contributed by atoms with Gasteiger partial charge >= 0.3 is 0 Å². The lowest BCUT2D eigenvalue weighted by Gasteiger charge is -2.14. The van der Waals surface area contributed by atoms with Gasteiger partial charge < -0.3 is 10.3 Å². The minimum absolute atomic E-state index is 0.329. The Hall–Kier alpha value is -1.68. The number of hydrogen-bond acceptors (Lipinski definition) is 4. The fourth-order valence-electron chi connectivity index (χ4n) is 1.92. The summed E-state index contributed by atoms with van der Waals surface area (Å²) in [6.07, 6.45) is 1.28. The van der Waals surface area contributed by atoms with E-state index in [9.17, 15) is 0 Å². The van der Waals surface area contributed by atoms with Gasteiger partial charge in [-0.05, 0) is 44.4 Å². The zero-order valence-corrected chi connectivity index (χ0v) is 12.0. The van der Waals surface area contributed by atoms with Gasteiger partial charge in [-0.2, -0.15) is 4.98 Å². The Morgan fingerprint density at radius 3 is 2.58 bits per heavy atom. The Morgan fingerprint density at radius 2 is 1.95 bits per heavy atom. The second kappa shape index (κ2) is 5.13. The molecule has 19 heavy (non-hydrogen) atoms. The van der Waals surface area contributed by atoms with E-state index >= 15 is 0 Å². The van der Waals surface area contributed by atoms with Crippen LogP contribution >= 0.6 is 0 Å². The smallest absolute Gasteiger partial charge is 0.228 e. The van der Waals surface area contributed by atoms with Crippen LogP contribution in [0.4, 0.5) is 0 Å². The second-order valence-electron chi connectivity index (χ2n) is 5.87. The molecular weight excluding hydrogens is 238 g/mol. The van der Waals surface area contributed by atoms with Crippen molar-refractivity contribution in [1.29, 1.82) is 0 Å². The predicted octanol–water partition coefficient (Wildman–Crippen LogP) is 2.56. The van der Waals surface area contributed by atoms with Crippen molar-refractivity contribution in [3.8, 4) is 0 Å². The van der Waals surface area contributed by atoms with Gasteiger partial charge in [-0.25, -0.2) is 0 Å². The molecule has 102 valence electrons. The fourth-order valence-corrected chi connectivity index (χ4v) is 1.92. The summed E-state index contributed by atoms with van der Waals surface area (Å²) in [5, 5.41) is 4.01. The summed E-state index contributed by atoms with van der Waals surface area (Å²) in [4.78, 5) is 4.39. The predicted molar refractivity (Wildman–Crippen MR) is 75.0 cm³/mol. The van der Waals surface area contributed by atoms with Crippen LogP contribution in [-0.2, 0) is 12.8 Å². The topological polar surface area (TPSA) is 64.9 Å². The van der Waals surface area contributed by atoms with Gasteiger partial charge in [0.05, 0.1) is 0 Å². The third kappa shape index (κ3) is 3.89. The number of aryl methyl sites for hydroxylation is 2. The summed E-state index contributed by atoms with van der Waals surface area (Å²) < 4.78 is 5.23. The molecule has 4 heteroatoms. The van der Waals surface area contributed by atoms with E-state index in [1.807, 2.05) is 13.8 Å². The first-order chi connectivity index (χ1) is 8.83. The van der Waals surface area contributed by atoms with Gasteiger partial charge in [-0.15, -0.1) is 0 Å². The van der Waals surface area contributed by atoms with E-state index < -0.39 is 0 Å². The van der Waals surface area contributed by atoms with E-state index in [-0.39, 0.29) is 5.54 Å². The highest BCUT2D eigenvalue weighted by molar-refractivity contribution is 5.31. The maximum atomic E-state index is 5.94. The van der Waals surface area contributed by atoms with Crippen molar-refractivity contribution in [2.24, 2.45) is 5.73 Å². The van der Waals surface area contributed by atoms with Crippen LogP contribution in [-0.4, -0.2) is 15.7 Å². The lowest BCUT2D eigenvalue weighted by molar-refractivity contribution is 0.345. The van der Waals surface area contributed by atoms with E-state index in [1.165, 1.54) is 16.7 Å². The molecule has 0 fully saturated rings. The Morgan fingerprint density at radius 1 is 1.21 bits per heavy atom. The van der Waals surface area contributed by atoms with E-state index in [0.717, 1.165) is 0 Å². The van der Waals surface area contributed by atoms with Gasteiger partial charge in [-0.3, -0.25) is 0 Å². The largest absolute Gasteiger partial charge is 0.339 e. The third-order valence-corrected chi connectivity index (χ3v) is 3.05. The van der Waals surface area contributed by atoms with E-state index in [2.05, 4.69) is 42.2 Å². The molecule has 0 unspecified atom stereocenters. The van der Waals surface area contributed by atoms with Crippen LogP contribution in [0.5, 0.6) is 0 Å². The molecule has 4 nitrogen and oxygen atoms in total. The highest BCUT2D eigenvalue weighted by Gasteiger charge is 2.17. The van der Waals surface area contributed by atoms with Crippen molar-refractivity contribution in [2.75, 3.05) is 0 Å². The standard InChI is InChI=1S/C15H21N3O/c1-10-5-6-12(7-11(10)2)8-13-17-14(19-18-13)9-15(3,4)16/h5-7H,8-9,16H2,1-4H3. The summed E-state index contributed by atoms with van der Waals surface area (Å²) in [6, 6.07) is 6.39. The monoisotopic (exact) mass is 259 g/mol. The lowest BCUT2D eigenvalue weighted by atomic mass is 10.0. The van der Waals surface area contributed by atoms with Crippen LogP contribution in [0.15, 0.2) is 22.7 Å². The molecule has 0 aliphatic rings. The zero-order valence-electron chi connectivity index (χ0n) is 12.0. The quantitative estimate of drug-likeness (QED) is 0.916. The zero-order chi connectivity index (χ0) is 14.0. The molecule has 2 rings (SSSR count).